The summed E-state index contributed by atoms with van der Waals surface area (Å²) in [7, 11) is 0. The lowest BCUT2D eigenvalue weighted by atomic mass is 9.84. The van der Waals surface area contributed by atoms with E-state index in [1.54, 1.807) is 6.08 Å². The lowest BCUT2D eigenvalue weighted by Crippen LogP contribution is -2.33. The van der Waals surface area contributed by atoms with Crippen LogP contribution in [0.5, 0.6) is 0 Å². The third-order valence-electron chi connectivity index (χ3n) is 4.42. The first-order chi connectivity index (χ1) is 12.7. The van der Waals surface area contributed by atoms with Gasteiger partial charge in [0.1, 0.15) is 13.2 Å². The minimum Gasteiger partial charge on any atom is -0.461 e. The largest absolute Gasteiger partial charge is 0.461 e. The second-order valence-corrected chi connectivity index (χ2v) is 6.63. The molecule has 0 N–H and O–H groups in total. The van der Waals surface area contributed by atoms with Crippen LogP contribution in [0.25, 0.3) is 0 Å². The molecule has 2 atom stereocenters. The number of allylic oxidation sites excluding steroid dienone is 3. The van der Waals surface area contributed by atoms with Gasteiger partial charge in [0.05, 0.1) is 11.8 Å². The molecule has 0 saturated heterocycles. The van der Waals surface area contributed by atoms with Crippen molar-refractivity contribution in [3.8, 4) is 0 Å². The Morgan fingerprint density at radius 2 is 1.50 bits per heavy atom. The zero-order valence-electron chi connectivity index (χ0n) is 16.3. The Morgan fingerprint density at radius 3 is 2.08 bits per heavy atom. The van der Waals surface area contributed by atoms with Crippen molar-refractivity contribution in [1.82, 2.24) is 0 Å². The first kappa shape index (κ1) is 22.2. The Morgan fingerprint density at radius 1 is 0.923 bits per heavy atom. The lowest BCUT2D eigenvalue weighted by Gasteiger charge is -2.24. The first-order valence-corrected chi connectivity index (χ1v) is 10.0. The maximum absolute atomic E-state index is 12.3. The summed E-state index contributed by atoms with van der Waals surface area (Å²) in [6.07, 6.45) is 19.5. The molecule has 0 aromatic heterocycles. The number of carbonyl (C=O) groups excluding carboxylic acids is 2. The monoisotopic (exact) mass is 362 g/mol. The number of hydrogen-bond acceptors (Lipinski definition) is 4. The maximum atomic E-state index is 12.3. The van der Waals surface area contributed by atoms with E-state index < -0.39 is 11.8 Å². The lowest BCUT2D eigenvalue weighted by molar-refractivity contribution is -0.158. The van der Waals surface area contributed by atoms with Crippen LogP contribution in [0.2, 0.25) is 0 Å². The Hall–Kier alpha value is -1.84. The molecule has 0 aromatic rings. The highest BCUT2D eigenvalue weighted by Gasteiger charge is 2.35. The SMILES string of the molecule is CCCC/C=C/COC(=O)C1C=CCCC1C(=O)OC/C=C/CCCC. The summed E-state index contributed by atoms with van der Waals surface area (Å²) < 4.78 is 10.6. The summed E-state index contributed by atoms with van der Waals surface area (Å²) >= 11 is 0. The van der Waals surface area contributed by atoms with Gasteiger partial charge in [-0.05, 0) is 25.7 Å². The molecule has 2 unspecified atom stereocenters. The maximum Gasteiger partial charge on any atom is 0.313 e. The van der Waals surface area contributed by atoms with Crippen LogP contribution in [0.4, 0.5) is 0 Å². The number of rotatable bonds is 12. The van der Waals surface area contributed by atoms with E-state index in [0.717, 1.165) is 44.9 Å². The van der Waals surface area contributed by atoms with E-state index in [0.29, 0.717) is 6.42 Å². The topological polar surface area (TPSA) is 52.6 Å². The summed E-state index contributed by atoms with van der Waals surface area (Å²) in [6.45, 7) is 4.81. The highest BCUT2D eigenvalue weighted by Crippen LogP contribution is 2.27. The van der Waals surface area contributed by atoms with E-state index in [9.17, 15) is 9.59 Å². The molecule has 0 radical (unpaired) electrons. The van der Waals surface area contributed by atoms with Gasteiger partial charge in [0.25, 0.3) is 0 Å². The molecule has 0 aliphatic heterocycles. The number of carbonyl (C=O) groups is 2. The molecular formula is C22H34O4. The molecular weight excluding hydrogens is 328 g/mol. The van der Waals surface area contributed by atoms with Crippen LogP contribution < -0.4 is 0 Å². The van der Waals surface area contributed by atoms with Gasteiger partial charge >= 0.3 is 11.9 Å². The Balaban J connectivity index is 2.42. The van der Waals surface area contributed by atoms with Crippen molar-refractivity contribution in [2.75, 3.05) is 13.2 Å². The van der Waals surface area contributed by atoms with Gasteiger partial charge < -0.3 is 9.47 Å². The van der Waals surface area contributed by atoms with Crippen molar-refractivity contribution in [1.29, 1.82) is 0 Å². The van der Waals surface area contributed by atoms with Gasteiger partial charge in [0.15, 0.2) is 0 Å². The van der Waals surface area contributed by atoms with Crippen LogP contribution in [0.15, 0.2) is 36.5 Å². The van der Waals surface area contributed by atoms with E-state index in [2.05, 4.69) is 13.8 Å². The van der Waals surface area contributed by atoms with Crippen molar-refractivity contribution in [2.24, 2.45) is 11.8 Å². The molecule has 0 bridgehead atoms. The van der Waals surface area contributed by atoms with Gasteiger partial charge in [-0.3, -0.25) is 9.59 Å². The molecule has 0 spiro atoms. The molecule has 1 aliphatic rings. The highest BCUT2D eigenvalue weighted by atomic mass is 16.5. The van der Waals surface area contributed by atoms with E-state index in [1.807, 2.05) is 30.4 Å². The van der Waals surface area contributed by atoms with E-state index in [4.69, 9.17) is 9.47 Å². The predicted molar refractivity (Wildman–Crippen MR) is 105 cm³/mol. The van der Waals surface area contributed by atoms with E-state index in [-0.39, 0.29) is 25.2 Å². The van der Waals surface area contributed by atoms with Crippen LogP contribution >= 0.6 is 0 Å². The highest BCUT2D eigenvalue weighted by molar-refractivity contribution is 5.84. The molecule has 4 heteroatoms. The van der Waals surface area contributed by atoms with Crippen LogP contribution in [0.1, 0.15) is 65.2 Å². The van der Waals surface area contributed by atoms with Crippen LogP contribution in [-0.4, -0.2) is 25.2 Å². The molecule has 1 aliphatic carbocycles. The minimum atomic E-state index is -0.538. The average Bonchev–Trinajstić information content (AvgIpc) is 2.67. The summed E-state index contributed by atoms with van der Waals surface area (Å²) in [6, 6.07) is 0. The summed E-state index contributed by atoms with van der Waals surface area (Å²) in [5.41, 5.74) is 0. The zero-order chi connectivity index (χ0) is 19.0. The zero-order valence-corrected chi connectivity index (χ0v) is 16.3. The number of esters is 2. The van der Waals surface area contributed by atoms with Gasteiger partial charge in [0.2, 0.25) is 0 Å². The first-order valence-electron chi connectivity index (χ1n) is 10.0. The van der Waals surface area contributed by atoms with Crippen molar-refractivity contribution in [3.63, 3.8) is 0 Å². The second kappa shape index (κ2) is 14.3. The molecule has 1 rings (SSSR count). The van der Waals surface area contributed by atoms with E-state index in [1.165, 1.54) is 0 Å². The van der Waals surface area contributed by atoms with E-state index >= 15 is 0 Å². The normalized spacial score (nSPS) is 19.9. The fourth-order valence-electron chi connectivity index (χ4n) is 2.82. The van der Waals surface area contributed by atoms with Crippen molar-refractivity contribution < 1.29 is 19.1 Å². The quantitative estimate of drug-likeness (QED) is 0.274. The van der Waals surface area contributed by atoms with Gasteiger partial charge in [-0.2, -0.15) is 0 Å². The second-order valence-electron chi connectivity index (χ2n) is 6.63. The molecule has 0 heterocycles. The molecule has 0 saturated carbocycles. The third-order valence-corrected chi connectivity index (χ3v) is 4.42. The van der Waals surface area contributed by atoms with Gasteiger partial charge in [-0.1, -0.05) is 76.0 Å². The number of hydrogen-bond donors (Lipinski definition) is 0. The molecule has 0 amide bonds. The smallest absolute Gasteiger partial charge is 0.313 e. The molecule has 4 nitrogen and oxygen atoms in total. The predicted octanol–water partition coefficient (Wildman–Crippen LogP) is 5.15. The van der Waals surface area contributed by atoms with Gasteiger partial charge in [-0.25, -0.2) is 0 Å². The van der Waals surface area contributed by atoms with Gasteiger partial charge in [0, 0.05) is 0 Å². The van der Waals surface area contributed by atoms with Crippen LogP contribution in [-0.2, 0) is 19.1 Å². The van der Waals surface area contributed by atoms with Gasteiger partial charge in [-0.15, -0.1) is 0 Å². The molecule has 0 aromatic carbocycles. The third kappa shape index (κ3) is 9.02. The molecule has 0 fully saturated rings. The minimum absolute atomic E-state index is 0.259. The van der Waals surface area contributed by atoms with Crippen LogP contribution in [0, 0.1) is 11.8 Å². The van der Waals surface area contributed by atoms with Crippen molar-refractivity contribution in [3.05, 3.63) is 36.5 Å². The Kier molecular flexibility index (Phi) is 12.2. The molecule has 146 valence electrons. The summed E-state index contributed by atoms with van der Waals surface area (Å²) in [5, 5.41) is 0. The average molecular weight is 363 g/mol. The Bertz CT molecular complexity index is 490. The standard InChI is InChI=1S/C22H34O4/c1-3-5-7-9-13-17-25-21(23)19-15-11-12-16-20(19)22(24)26-18-14-10-8-6-4-2/h9-11,13-15,19-20H,3-8,12,16-18H2,1-2H3/b13-9+,14-10+. The van der Waals surface area contributed by atoms with Crippen molar-refractivity contribution >= 4 is 11.9 Å². The fourth-order valence-corrected chi connectivity index (χ4v) is 2.82. The summed E-state index contributed by atoms with van der Waals surface area (Å²) in [5.74, 6) is -1.64. The fraction of sp³-hybridized carbons (Fsp3) is 0.636. The van der Waals surface area contributed by atoms with Crippen LogP contribution in [0.3, 0.4) is 0 Å². The summed E-state index contributed by atoms with van der Waals surface area (Å²) in [4.78, 5) is 24.7. The van der Waals surface area contributed by atoms with Crippen molar-refractivity contribution in [2.45, 2.75) is 65.2 Å². The number of ether oxygens (including phenoxy) is 2. The molecule has 26 heavy (non-hydrogen) atoms. The Labute approximate surface area is 158 Å². The number of unbranched alkanes of at least 4 members (excludes halogenated alkanes) is 4.